The lowest BCUT2D eigenvalue weighted by Gasteiger charge is -2.35. The van der Waals surface area contributed by atoms with Crippen LogP contribution in [0.1, 0.15) is 42.4 Å². The van der Waals surface area contributed by atoms with E-state index < -0.39 is 6.03 Å². The number of hydrogen-bond acceptors (Lipinski definition) is 6. The number of anilines is 2. The second-order valence-corrected chi connectivity index (χ2v) is 12.7. The maximum Gasteiger partial charge on any atom is 0.410 e. The third kappa shape index (κ3) is 8.21. The third-order valence-electron chi connectivity index (χ3n) is 8.52. The van der Waals surface area contributed by atoms with Crippen LogP contribution in [0.5, 0.6) is 5.75 Å². The molecule has 3 N–H and O–H groups in total. The number of amides is 3. The predicted octanol–water partition coefficient (Wildman–Crippen LogP) is 8.46. The number of H-pyrrole nitrogens is 1. The third-order valence-corrected chi connectivity index (χ3v) is 8.83. The number of benzene rings is 3. The number of fused-ring (bicyclic) bond motifs is 1. The van der Waals surface area contributed by atoms with Crippen LogP contribution in [0.2, 0.25) is 5.02 Å². The van der Waals surface area contributed by atoms with Crippen LogP contribution in [-0.4, -0.2) is 46.2 Å². The molecule has 0 saturated carbocycles. The molecule has 0 spiro atoms. The molecule has 10 nitrogen and oxygen atoms in total. The van der Waals surface area contributed by atoms with Gasteiger partial charge in [0.05, 0.1) is 28.4 Å². The van der Waals surface area contributed by atoms with Crippen LogP contribution in [0.4, 0.5) is 21.0 Å². The lowest BCUT2D eigenvalue weighted by Crippen LogP contribution is -2.44. The average Bonchev–Trinajstić information content (AvgIpc) is 3.08. The molecule has 3 aromatic carbocycles. The van der Waals surface area contributed by atoms with E-state index in [1.807, 2.05) is 62.4 Å². The summed E-state index contributed by atoms with van der Waals surface area (Å²) in [6, 6.07) is 21.6. The van der Waals surface area contributed by atoms with Gasteiger partial charge in [0.25, 0.3) is 5.56 Å². The largest absolute Gasteiger partial charge is 0.492 e. The van der Waals surface area contributed by atoms with Gasteiger partial charge < -0.3 is 30.0 Å². The number of halogens is 1. The highest BCUT2D eigenvalue weighted by Gasteiger charge is 2.28. The van der Waals surface area contributed by atoms with E-state index in [4.69, 9.17) is 21.1 Å². The van der Waals surface area contributed by atoms with E-state index in [0.29, 0.717) is 52.1 Å². The Bertz CT molecular complexity index is 2000. The number of carbonyl (C=O) groups is 2. The molecular weight excluding hydrogens is 642 g/mol. The van der Waals surface area contributed by atoms with E-state index in [2.05, 4.69) is 20.6 Å². The molecule has 0 radical (unpaired) electrons. The summed E-state index contributed by atoms with van der Waals surface area (Å²) in [4.78, 5) is 48.5. The number of likely N-dealkylation sites (tertiary alicyclic amines) is 1. The minimum Gasteiger partial charge on any atom is -0.492 e. The fraction of sp³-hybridized carbons (Fsp3) is 0.263. The quantitative estimate of drug-likeness (QED) is 0.144. The van der Waals surface area contributed by atoms with Crippen molar-refractivity contribution in [3.8, 4) is 16.9 Å². The van der Waals surface area contributed by atoms with Gasteiger partial charge in [0.15, 0.2) is 0 Å². The number of aromatic amines is 1. The molecule has 252 valence electrons. The van der Waals surface area contributed by atoms with Crippen LogP contribution < -0.4 is 20.9 Å². The van der Waals surface area contributed by atoms with Crippen molar-refractivity contribution in [1.29, 1.82) is 0 Å². The van der Waals surface area contributed by atoms with E-state index in [9.17, 15) is 14.4 Å². The van der Waals surface area contributed by atoms with Crippen LogP contribution >= 0.6 is 11.6 Å². The first kappa shape index (κ1) is 33.5. The van der Waals surface area contributed by atoms with E-state index >= 15 is 0 Å². The molecule has 3 heterocycles. The molecule has 11 heteroatoms. The fourth-order valence-corrected chi connectivity index (χ4v) is 6.49. The Morgan fingerprint density at radius 3 is 2.49 bits per heavy atom. The van der Waals surface area contributed by atoms with Gasteiger partial charge in [-0.15, -0.1) is 0 Å². The standard InChI is InChI=1S/C38H38ClN5O5/c1-24-18-25(2)20-27(19-24)34-35(48-17-13-29-10-6-7-16-44(29)38(47)49-23-26-8-4-3-5-9-26)30-21-33(31(39)22-32(30)42-36(34)45)43-37(46)41-28-11-14-40-15-12-28/h3-5,8-9,11-12,14-15,18-22,29H,6-7,10,13,16-17,23H2,1-2H3,(H,42,45)(H2,40,41,43,46). The summed E-state index contributed by atoms with van der Waals surface area (Å²) in [5.74, 6) is 0.368. The predicted molar refractivity (Wildman–Crippen MR) is 192 cm³/mol. The van der Waals surface area contributed by atoms with Crippen molar-refractivity contribution in [3.05, 3.63) is 117 Å². The molecule has 2 aromatic heterocycles. The van der Waals surface area contributed by atoms with Gasteiger partial charge in [0.1, 0.15) is 12.4 Å². The summed E-state index contributed by atoms with van der Waals surface area (Å²) >= 11 is 6.61. The summed E-state index contributed by atoms with van der Waals surface area (Å²) in [6.07, 6.45) is 6.05. The molecule has 0 aliphatic carbocycles. The van der Waals surface area contributed by atoms with Crippen molar-refractivity contribution in [1.82, 2.24) is 14.9 Å². The molecule has 1 atom stereocenters. The first-order chi connectivity index (χ1) is 23.7. The summed E-state index contributed by atoms with van der Waals surface area (Å²) in [7, 11) is 0. The topological polar surface area (TPSA) is 126 Å². The monoisotopic (exact) mass is 679 g/mol. The van der Waals surface area contributed by atoms with Gasteiger partial charge in [0.2, 0.25) is 0 Å². The Morgan fingerprint density at radius 1 is 0.980 bits per heavy atom. The Balaban J connectivity index is 1.29. The Kier molecular flexibility index (Phi) is 10.4. The maximum absolute atomic E-state index is 13.7. The number of nitrogens with zero attached hydrogens (tertiary/aromatic N) is 2. The number of hydrogen-bond donors (Lipinski definition) is 3. The Morgan fingerprint density at radius 2 is 1.73 bits per heavy atom. The van der Waals surface area contributed by atoms with Crippen molar-refractivity contribution >= 4 is 46.0 Å². The average molecular weight is 680 g/mol. The van der Waals surface area contributed by atoms with Crippen molar-refractivity contribution in [2.75, 3.05) is 23.8 Å². The van der Waals surface area contributed by atoms with E-state index in [1.165, 1.54) is 0 Å². The number of rotatable bonds is 9. The van der Waals surface area contributed by atoms with Crippen LogP contribution in [-0.2, 0) is 11.3 Å². The molecule has 1 aliphatic rings. The number of aryl methyl sites for hydroxylation is 2. The highest BCUT2D eigenvalue weighted by Crippen LogP contribution is 2.38. The van der Waals surface area contributed by atoms with Crippen LogP contribution in [0.3, 0.4) is 0 Å². The second-order valence-electron chi connectivity index (χ2n) is 12.2. The van der Waals surface area contributed by atoms with Crippen molar-refractivity contribution in [3.63, 3.8) is 0 Å². The number of pyridine rings is 2. The summed E-state index contributed by atoms with van der Waals surface area (Å²) in [6.45, 7) is 5.00. The van der Waals surface area contributed by atoms with Crippen LogP contribution in [0.25, 0.3) is 22.0 Å². The molecule has 1 unspecified atom stereocenters. The second kappa shape index (κ2) is 15.3. The fourth-order valence-electron chi connectivity index (χ4n) is 6.27. The first-order valence-electron chi connectivity index (χ1n) is 16.3. The van der Waals surface area contributed by atoms with E-state index in [1.54, 1.807) is 41.6 Å². The molecule has 0 bridgehead atoms. The molecular formula is C38H38ClN5O5. The van der Waals surface area contributed by atoms with Crippen molar-refractivity contribution in [2.24, 2.45) is 0 Å². The number of carbonyl (C=O) groups excluding carboxylic acids is 2. The summed E-state index contributed by atoms with van der Waals surface area (Å²) in [5.41, 5.74) is 5.04. The van der Waals surface area contributed by atoms with Gasteiger partial charge in [-0.3, -0.25) is 9.78 Å². The number of urea groups is 1. The Labute approximate surface area is 289 Å². The first-order valence-corrected chi connectivity index (χ1v) is 16.7. The van der Waals surface area contributed by atoms with Crippen molar-refractivity contribution < 1.29 is 19.1 Å². The number of nitrogens with one attached hydrogen (secondary N) is 3. The zero-order chi connectivity index (χ0) is 34.3. The summed E-state index contributed by atoms with van der Waals surface area (Å²) in [5, 5.41) is 6.38. The van der Waals surface area contributed by atoms with Gasteiger partial charge in [-0.25, -0.2) is 9.59 Å². The lowest BCUT2D eigenvalue weighted by atomic mass is 9.98. The maximum atomic E-state index is 13.7. The highest BCUT2D eigenvalue weighted by molar-refractivity contribution is 6.34. The van der Waals surface area contributed by atoms with E-state index in [-0.39, 0.29) is 35.9 Å². The molecule has 3 amide bonds. The Hall–Kier alpha value is -5.35. The smallest absolute Gasteiger partial charge is 0.410 e. The number of ether oxygens (including phenoxy) is 2. The SMILES string of the molecule is Cc1cc(C)cc(-c2c(OCCC3CCCCN3C(=O)OCc3ccccc3)c3cc(NC(=O)Nc4ccncc4)c(Cl)cc3[nH]c2=O)c1. The zero-order valence-corrected chi connectivity index (χ0v) is 28.2. The van der Waals surface area contributed by atoms with Crippen LogP contribution in [0, 0.1) is 13.8 Å². The zero-order valence-electron chi connectivity index (χ0n) is 27.4. The molecule has 49 heavy (non-hydrogen) atoms. The highest BCUT2D eigenvalue weighted by atomic mass is 35.5. The molecule has 1 aliphatic heterocycles. The van der Waals surface area contributed by atoms with Gasteiger partial charge in [-0.1, -0.05) is 71.3 Å². The number of aromatic nitrogens is 2. The van der Waals surface area contributed by atoms with Gasteiger partial charge in [0, 0.05) is 42.5 Å². The number of piperidine rings is 1. The normalized spacial score (nSPS) is 14.3. The van der Waals surface area contributed by atoms with Crippen LogP contribution in [0.15, 0.2) is 90.0 Å². The molecule has 6 rings (SSSR count). The van der Waals surface area contributed by atoms with Crippen molar-refractivity contribution in [2.45, 2.75) is 52.2 Å². The van der Waals surface area contributed by atoms with E-state index in [0.717, 1.165) is 36.0 Å². The molecule has 1 fully saturated rings. The molecule has 1 saturated heterocycles. The molecule has 5 aromatic rings. The minimum absolute atomic E-state index is 0.0847. The van der Waals surface area contributed by atoms with Gasteiger partial charge in [-0.2, -0.15) is 0 Å². The van der Waals surface area contributed by atoms with Gasteiger partial charge >= 0.3 is 12.1 Å². The summed E-state index contributed by atoms with van der Waals surface area (Å²) < 4.78 is 12.2. The van der Waals surface area contributed by atoms with Gasteiger partial charge in [-0.05, 0) is 68.5 Å². The lowest BCUT2D eigenvalue weighted by molar-refractivity contribution is 0.0623. The minimum atomic E-state index is -0.495.